The predicted molar refractivity (Wildman–Crippen MR) is 79.2 cm³/mol. The molecule has 0 bridgehead atoms. The van der Waals surface area contributed by atoms with Crippen molar-refractivity contribution in [2.45, 2.75) is 12.6 Å². The van der Waals surface area contributed by atoms with Gasteiger partial charge in [-0.15, -0.1) is 11.3 Å². The average Bonchev–Trinajstić information content (AvgIpc) is 2.93. The fourth-order valence-electron chi connectivity index (χ4n) is 1.79. The van der Waals surface area contributed by atoms with Crippen LogP contribution in [0.2, 0.25) is 5.02 Å². The van der Waals surface area contributed by atoms with E-state index in [4.69, 9.17) is 17.3 Å². The summed E-state index contributed by atoms with van der Waals surface area (Å²) in [4.78, 5) is 14.7. The maximum absolute atomic E-state index is 12.2. The number of thiophene rings is 1. The van der Waals surface area contributed by atoms with Gasteiger partial charge in [-0.25, -0.2) is 0 Å². The molecule has 0 aliphatic rings. The quantitative estimate of drug-likeness (QED) is 0.942. The Morgan fingerprint density at radius 2 is 2.11 bits per heavy atom. The first-order valence-corrected chi connectivity index (χ1v) is 7.12. The monoisotopic (exact) mass is 294 g/mol. The molecule has 0 aliphatic heterocycles. The molecule has 2 aromatic rings. The van der Waals surface area contributed by atoms with Gasteiger partial charge in [0.1, 0.15) is 6.04 Å². The highest BCUT2D eigenvalue weighted by molar-refractivity contribution is 7.10. The number of carbonyl (C=O) groups excluding carboxylic acids is 1. The summed E-state index contributed by atoms with van der Waals surface area (Å²) in [5.74, 6) is -0.109. The van der Waals surface area contributed by atoms with Crippen molar-refractivity contribution in [3.8, 4) is 0 Å². The highest BCUT2D eigenvalue weighted by atomic mass is 35.5. The molecule has 1 atom stereocenters. The lowest BCUT2D eigenvalue weighted by atomic mass is 10.2. The number of hydrogen-bond donors (Lipinski definition) is 1. The maximum Gasteiger partial charge on any atom is 0.244 e. The first-order valence-electron chi connectivity index (χ1n) is 5.87. The zero-order valence-electron chi connectivity index (χ0n) is 10.5. The van der Waals surface area contributed by atoms with Crippen molar-refractivity contribution in [3.63, 3.8) is 0 Å². The van der Waals surface area contributed by atoms with Crippen LogP contribution in [-0.4, -0.2) is 17.9 Å². The Morgan fingerprint density at radius 3 is 2.74 bits per heavy atom. The zero-order chi connectivity index (χ0) is 13.8. The van der Waals surface area contributed by atoms with Gasteiger partial charge >= 0.3 is 0 Å². The molecule has 0 saturated heterocycles. The fraction of sp³-hybridized carbons (Fsp3) is 0.214. The van der Waals surface area contributed by atoms with Gasteiger partial charge in [0.15, 0.2) is 0 Å². The van der Waals surface area contributed by atoms with Crippen molar-refractivity contribution >= 4 is 28.8 Å². The van der Waals surface area contributed by atoms with E-state index in [1.54, 1.807) is 11.9 Å². The van der Waals surface area contributed by atoms with Crippen LogP contribution in [-0.2, 0) is 11.3 Å². The summed E-state index contributed by atoms with van der Waals surface area (Å²) >= 11 is 7.57. The Morgan fingerprint density at radius 1 is 1.37 bits per heavy atom. The van der Waals surface area contributed by atoms with Crippen LogP contribution in [0.4, 0.5) is 0 Å². The normalized spacial score (nSPS) is 12.2. The van der Waals surface area contributed by atoms with Crippen molar-refractivity contribution in [1.82, 2.24) is 4.90 Å². The Bertz CT molecular complexity index is 556. The molecule has 0 spiro atoms. The van der Waals surface area contributed by atoms with E-state index < -0.39 is 6.04 Å². The molecule has 3 nitrogen and oxygen atoms in total. The SMILES string of the molecule is CN(Cc1ccccc1Cl)C(=O)C(N)c1cccs1. The number of benzene rings is 1. The Kier molecular flexibility index (Phi) is 4.58. The number of nitrogens with two attached hydrogens (primary N) is 1. The van der Waals surface area contributed by atoms with Crippen LogP contribution >= 0.6 is 22.9 Å². The molecule has 2 N–H and O–H groups in total. The lowest BCUT2D eigenvalue weighted by Gasteiger charge is -2.21. The molecular formula is C14H15ClN2OS. The van der Waals surface area contributed by atoms with Crippen LogP contribution in [0.5, 0.6) is 0 Å². The first-order chi connectivity index (χ1) is 9.09. The summed E-state index contributed by atoms with van der Waals surface area (Å²) in [7, 11) is 1.74. The molecule has 0 radical (unpaired) electrons. The molecule has 2 rings (SSSR count). The Hall–Kier alpha value is -1.36. The number of nitrogens with zero attached hydrogens (tertiary/aromatic N) is 1. The highest BCUT2D eigenvalue weighted by Crippen LogP contribution is 2.21. The molecule has 0 fully saturated rings. The minimum absolute atomic E-state index is 0.109. The third-order valence-corrected chi connectivity index (χ3v) is 4.18. The lowest BCUT2D eigenvalue weighted by Crippen LogP contribution is -2.35. The second kappa shape index (κ2) is 6.19. The molecule has 0 aliphatic carbocycles. The number of rotatable bonds is 4. The highest BCUT2D eigenvalue weighted by Gasteiger charge is 2.21. The van der Waals surface area contributed by atoms with Crippen molar-refractivity contribution < 1.29 is 4.79 Å². The maximum atomic E-state index is 12.2. The third kappa shape index (κ3) is 3.35. The van der Waals surface area contributed by atoms with Gasteiger partial charge < -0.3 is 10.6 Å². The summed E-state index contributed by atoms with van der Waals surface area (Å²) in [6.07, 6.45) is 0. The van der Waals surface area contributed by atoms with E-state index in [-0.39, 0.29) is 5.91 Å². The number of halogens is 1. The smallest absolute Gasteiger partial charge is 0.244 e. The minimum atomic E-state index is -0.604. The number of carbonyl (C=O) groups is 1. The summed E-state index contributed by atoms with van der Waals surface area (Å²) in [6, 6.07) is 10.6. The van der Waals surface area contributed by atoms with Gasteiger partial charge in [0.05, 0.1) is 0 Å². The van der Waals surface area contributed by atoms with Crippen molar-refractivity contribution in [2.75, 3.05) is 7.05 Å². The summed E-state index contributed by atoms with van der Waals surface area (Å²) < 4.78 is 0. The molecule has 1 unspecified atom stereocenters. The standard InChI is InChI=1S/C14H15ClN2OS/c1-17(9-10-5-2-3-6-11(10)15)14(18)13(16)12-7-4-8-19-12/h2-8,13H,9,16H2,1H3. The van der Waals surface area contributed by atoms with Crippen molar-refractivity contribution in [3.05, 3.63) is 57.2 Å². The zero-order valence-corrected chi connectivity index (χ0v) is 12.1. The number of hydrogen-bond acceptors (Lipinski definition) is 3. The molecule has 1 amide bonds. The molecular weight excluding hydrogens is 280 g/mol. The van der Waals surface area contributed by atoms with Crippen LogP contribution in [0.3, 0.4) is 0 Å². The van der Waals surface area contributed by atoms with Gasteiger partial charge in [0.2, 0.25) is 5.91 Å². The largest absolute Gasteiger partial charge is 0.340 e. The van der Waals surface area contributed by atoms with Crippen molar-refractivity contribution in [2.24, 2.45) is 5.73 Å². The predicted octanol–water partition coefficient (Wildman–Crippen LogP) is 3.06. The molecule has 1 heterocycles. The van der Waals surface area contributed by atoms with Crippen molar-refractivity contribution in [1.29, 1.82) is 0 Å². The molecule has 0 saturated carbocycles. The fourth-order valence-corrected chi connectivity index (χ4v) is 2.70. The Balaban J connectivity index is 2.06. The van der Waals surface area contributed by atoms with Gasteiger partial charge in [-0.2, -0.15) is 0 Å². The van der Waals surface area contributed by atoms with E-state index in [1.807, 2.05) is 41.8 Å². The van der Waals surface area contributed by atoms with Crippen LogP contribution in [0.15, 0.2) is 41.8 Å². The van der Waals surface area contributed by atoms with Gasteiger partial charge in [0.25, 0.3) is 0 Å². The second-order valence-electron chi connectivity index (χ2n) is 4.28. The van der Waals surface area contributed by atoms with E-state index in [0.717, 1.165) is 10.4 Å². The van der Waals surface area contributed by atoms with Crippen LogP contribution in [0, 0.1) is 0 Å². The van der Waals surface area contributed by atoms with Gasteiger partial charge in [-0.1, -0.05) is 35.9 Å². The van der Waals surface area contributed by atoms with Crippen LogP contribution in [0.1, 0.15) is 16.5 Å². The number of likely N-dealkylation sites (N-methyl/N-ethyl adjacent to an activating group) is 1. The minimum Gasteiger partial charge on any atom is -0.340 e. The third-order valence-electron chi connectivity index (χ3n) is 2.86. The molecule has 1 aromatic heterocycles. The molecule has 100 valence electrons. The van der Waals surface area contributed by atoms with Crippen LogP contribution < -0.4 is 5.73 Å². The Labute approximate surface area is 121 Å². The molecule has 5 heteroatoms. The topological polar surface area (TPSA) is 46.3 Å². The molecule has 19 heavy (non-hydrogen) atoms. The number of amides is 1. The average molecular weight is 295 g/mol. The summed E-state index contributed by atoms with van der Waals surface area (Å²) in [5.41, 5.74) is 6.88. The van der Waals surface area contributed by atoms with E-state index in [0.29, 0.717) is 11.6 Å². The van der Waals surface area contributed by atoms with E-state index >= 15 is 0 Å². The van der Waals surface area contributed by atoms with Gasteiger partial charge in [0, 0.05) is 23.5 Å². The van der Waals surface area contributed by atoms with Crippen LogP contribution in [0.25, 0.3) is 0 Å². The second-order valence-corrected chi connectivity index (χ2v) is 5.67. The lowest BCUT2D eigenvalue weighted by molar-refractivity contribution is -0.131. The first kappa shape index (κ1) is 14.1. The van der Waals surface area contributed by atoms with E-state index in [2.05, 4.69) is 0 Å². The summed E-state index contributed by atoms with van der Waals surface area (Å²) in [6.45, 7) is 0.456. The molecule has 1 aromatic carbocycles. The van der Waals surface area contributed by atoms with E-state index in [9.17, 15) is 4.79 Å². The van der Waals surface area contributed by atoms with Gasteiger partial charge in [-0.05, 0) is 23.1 Å². The van der Waals surface area contributed by atoms with Gasteiger partial charge in [-0.3, -0.25) is 4.79 Å². The summed E-state index contributed by atoms with van der Waals surface area (Å²) in [5, 5.41) is 2.57. The van der Waals surface area contributed by atoms with E-state index in [1.165, 1.54) is 11.3 Å².